The predicted octanol–water partition coefficient (Wildman–Crippen LogP) is 1.88. The van der Waals surface area contributed by atoms with Crippen LogP contribution < -0.4 is 9.47 Å². The van der Waals surface area contributed by atoms with Crippen LogP contribution in [0.2, 0.25) is 0 Å². The minimum Gasteiger partial charge on any atom is -0.497 e. The van der Waals surface area contributed by atoms with Gasteiger partial charge in [-0.1, -0.05) is 0 Å². The second-order valence-corrected chi connectivity index (χ2v) is 3.77. The van der Waals surface area contributed by atoms with Gasteiger partial charge >= 0.3 is 5.97 Å². The molecule has 18 heavy (non-hydrogen) atoms. The second kappa shape index (κ2) is 4.91. The summed E-state index contributed by atoms with van der Waals surface area (Å²) in [6.07, 6.45) is -0.102. The number of aliphatic carboxylic acids is 1. The van der Waals surface area contributed by atoms with Crippen molar-refractivity contribution in [2.24, 2.45) is 0 Å². The molecule has 5 nitrogen and oxygen atoms in total. The molecule has 0 aliphatic carbocycles. The van der Waals surface area contributed by atoms with Gasteiger partial charge in [-0.05, 0) is 12.1 Å². The first-order valence-electron chi connectivity index (χ1n) is 5.37. The van der Waals surface area contributed by atoms with E-state index in [9.17, 15) is 4.79 Å². The lowest BCUT2D eigenvalue weighted by molar-refractivity contribution is -0.136. The number of benzene rings is 1. The number of methoxy groups -OCH3 is 2. The summed E-state index contributed by atoms with van der Waals surface area (Å²) in [5.41, 5.74) is 1.16. The Hall–Kier alpha value is -2.30. The maximum Gasteiger partial charge on any atom is 0.309 e. The van der Waals surface area contributed by atoms with Crippen molar-refractivity contribution in [3.8, 4) is 11.5 Å². The monoisotopic (exact) mass is 247 g/mol. The maximum absolute atomic E-state index is 10.7. The lowest BCUT2D eigenvalue weighted by Crippen LogP contribution is -2.02. The fraction of sp³-hybridized carbons (Fsp3) is 0.231. The highest BCUT2D eigenvalue weighted by molar-refractivity contribution is 5.87. The molecular formula is C13H13NO4. The van der Waals surface area contributed by atoms with E-state index in [4.69, 9.17) is 14.6 Å². The van der Waals surface area contributed by atoms with E-state index >= 15 is 0 Å². The van der Waals surface area contributed by atoms with Crippen LogP contribution in [-0.4, -0.2) is 30.3 Å². The summed E-state index contributed by atoms with van der Waals surface area (Å²) in [5.74, 6) is 0.370. The Morgan fingerprint density at radius 1 is 1.28 bits per heavy atom. The summed E-state index contributed by atoms with van der Waals surface area (Å²) in [6.45, 7) is 0. The molecule has 5 heteroatoms. The summed E-state index contributed by atoms with van der Waals surface area (Å²) in [6, 6.07) is 7.01. The SMILES string of the molecule is COc1cc(OC)c2ccc(CC(=O)O)nc2c1. The molecule has 2 aromatic rings. The maximum atomic E-state index is 10.7. The molecule has 0 fully saturated rings. The smallest absolute Gasteiger partial charge is 0.309 e. The van der Waals surface area contributed by atoms with Crippen molar-refractivity contribution in [2.45, 2.75) is 6.42 Å². The van der Waals surface area contributed by atoms with Crippen LogP contribution in [0.5, 0.6) is 11.5 Å². The van der Waals surface area contributed by atoms with Crippen molar-refractivity contribution in [1.82, 2.24) is 4.98 Å². The number of hydrogen-bond acceptors (Lipinski definition) is 4. The highest BCUT2D eigenvalue weighted by Gasteiger charge is 2.08. The highest BCUT2D eigenvalue weighted by Crippen LogP contribution is 2.30. The first-order valence-corrected chi connectivity index (χ1v) is 5.37. The highest BCUT2D eigenvalue weighted by atomic mass is 16.5. The predicted molar refractivity (Wildman–Crippen MR) is 66.2 cm³/mol. The Morgan fingerprint density at radius 2 is 2.06 bits per heavy atom. The molecule has 94 valence electrons. The van der Waals surface area contributed by atoms with E-state index in [0.29, 0.717) is 22.7 Å². The van der Waals surface area contributed by atoms with Crippen LogP contribution in [0.15, 0.2) is 24.3 Å². The van der Waals surface area contributed by atoms with Crippen molar-refractivity contribution in [2.75, 3.05) is 14.2 Å². The number of hydrogen-bond donors (Lipinski definition) is 1. The van der Waals surface area contributed by atoms with Crippen molar-refractivity contribution < 1.29 is 19.4 Å². The largest absolute Gasteiger partial charge is 0.497 e. The fourth-order valence-electron chi connectivity index (χ4n) is 1.76. The van der Waals surface area contributed by atoms with Gasteiger partial charge in [0.05, 0.1) is 31.9 Å². The summed E-state index contributed by atoms with van der Waals surface area (Å²) < 4.78 is 10.4. The van der Waals surface area contributed by atoms with Gasteiger partial charge in [-0.25, -0.2) is 0 Å². The van der Waals surface area contributed by atoms with E-state index in [2.05, 4.69) is 4.98 Å². The van der Waals surface area contributed by atoms with Crippen LogP contribution in [0, 0.1) is 0 Å². The van der Waals surface area contributed by atoms with Gasteiger partial charge in [0.2, 0.25) is 0 Å². The first-order chi connectivity index (χ1) is 8.63. The Labute approximate surface area is 104 Å². The van der Waals surface area contributed by atoms with Crippen molar-refractivity contribution >= 4 is 16.9 Å². The van der Waals surface area contributed by atoms with E-state index in [1.807, 2.05) is 0 Å². The van der Waals surface area contributed by atoms with Gasteiger partial charge in [-0.2, -0.15) is 0 Å². The number of carboxylic acid groups (broad SMARTS) is 1. The zero-order valence-corrected chi connectivity index (χ0v) is 10.1. The van der Waals surface area contributed by atoms with Crippen LogP contribution >= 0.6 is 0 Å². The summed E-state index contributed by atoms with van der Waals surface area (Å²) in [5, 5.41) is 9.58. The molecule has 1 N–H and O–H groups in total. The summed E-state index contributed by atoms with van der Waals surface area (Å²) in [4.78, 5) is 15.0. The topological polar surface area (TPSA) is 68.7 Å². The van der Waals surface area contributed by atoms with Gasteiger partial charge in [0.15, 0.2) is 0 Å². The van der Waals surface area contributed by atoms with E-state index in [0.717, 1.165) is 5.39 Å². The Kier molecular flexibility index (Phi) is 3.32. The quantitative estimate of drug-likeness (QED) is 0.893. The number of rotatable bonds is 4. The van der Waals surface area contributed by atoms with Gasteiger partial charge in [0.1, 0.15) is 11.5 Å². The van der Waals surface area contributed by atoms with Crippen LogP contribution in [-0.2, 0) is 11.2 Å². The Balaban J connectivity index is 2.57. The molecule has 0 aliphatic rings. The number of aromatic nitrogens is 1. The molecule has 1 aromatic carbocycles. The number of pyridine rings is 1. The lowest BCUT2D eigenvalue weighted by atomic mass is 10.1. The molecule has 0 spiro atoms. The van der Waals surface area contributed by atoms with Gasteiger partial charge < -0.3 is 14.6 Å². The molecule has 0 unspecified atom stereocenters. The average molecular weight is 247 g/mol. The van der Waals surface area contributed by atoms with Crippen LogP contribution in [0.25, 0.3) is 10.9 Å². The molecule has 0 amide bonds. The average Bonchev–Trinajstić information content (AvgIpc) is 2.36. The third-order valence-corrected chi connectivity index (χ3v) is 2.59. The number of carbonyl (C=O) groups is 1. The zero-order valence-electron chi connectivity index (χ0n) is 10.1. The number of fused-ring (bicyclic) bond motifs is 1. The molecule has 1 aromatic heterocycles. The van der Waals surface area contributed by atoms with E-state index in [1.54, 1.807) is 38.5 Å². The lowest BCUT2D eigenvalue weighted by Gasteiger charge is -2.09. The molecule has 1 heterocycles. The molecule has 0 aliphatic heterocycles. The third-order valence-electron chi connectivity index (χ3n) is 2.59. The van der Waals surface area contributed by atoms with Crippen molar-refractivity contribution in [1.29, 1.82) is 0 Å². The van der Waals surface area contributed by atoms with E-state index < -0.39 is 5.97 Å². The fourth-order valence-corrected chi connectivity index (χ4v) is 1.76. The zero-order chi connectivity index (χ0) is 13.1. The Bertz CT molecular complexity index is 595. The number of ether oxygens (including phenoxy) is 2. The number of nitrogens with zero attached hydrogens (tertiary/aromatic N) is 1. The second-order valence-electron chi connectivity index (χ2n) is 3.77. The van der Waals surface area contributed by atoms with Crippen molar-refractivity contribution in [3.05, 3.63) is 30.0 Å². The van der Waals surface area contributed by atoms with E-state index in [-0.39, 0.29) is 6.42 Å². The molecule has 0 radical (unpaired) electrons. The Morgan fingerprint density at radius 3 is 2.67 bits per heavy atom. The molecule has 0 saturated carbocycles. The molecule has 0 atom stereocenters. The van der Waals surface area contributed by atoms with Crippen LogP contribution in [0.4, 0.5) is 0 Å². The third kappa shape index (κ3) is 2.34. The summed E-state index contributed by atoms with van der Waals surface area (Å²) >= 11 is 0. The van der Waals surface area contributed by atoms with Gasteiger partial charge in [-0.15, -0.1) is 0 Å². The van der Waals surface area contributed by atoms with Crippen LogP contribution in [0.3, 0.4) is 0 Å². The van der Waals surface area contributed by atoms with Crippen LogP contribution in [0.1, 0.15) is 5.69 Å². The molecular weight excluding hydrogens is 234 g/mol. The molecule has 2 rings (SSSR count). The van der Waals surface area contributed by atoms with E-state index in [1.165, 1.54) is 0 Å². The summed E-state index contributed by atoms with van der Waals surface area (Å²) in [7, 11) is 3.13. The molecule has 0 saturated heterocycles. The van der Waals surface area contributed by atoms with Gasteiger partial charge in [-0.3, -0.25) is 9.78 Å². The minimum atomic E-state index is -0.906. The first kappa shape index (κ1) is 12.2. The number of carboxylic acids is 1. The normalized spacial score (nSPS) is 10.3. The van der Waals surface area contributed by atoms with Gasteiger partial charge in [0.25, 0.3) is 0 Å². The minimum absolute atomic E-state index is 0.102. The molecule has 0 bridgehead atoms. The van der Waals surface area contributed by atoms with Crippen molar-refractivity contribution in [3.63, 3.8) is 0 Å². The van der Waals surface area contributed by atoms with Gasteiger partial charge in [0, 0.05) is 17.5 Å². The standard InChI is InChI=1S/C13H13NO4/c1-17-9-6-11-10(12(7-9)18-2)4-3-8(14-11)5-13(15)16/h3-4,6-7H,5H2,1-2H3,(H,15,16).